The van der Waals surface area contributed by atoms with Crippen LogP contribution in [0.5, 0.6) is 5.75 Å². The number of rotatable bonds is 2. The van der Waals surface area contributed by atoms with E-state index < -0.39 is 5.72 Å². The maximum atomic E-state index is 7.29. The van der Waals surface area contributed by atoms with Crippen LogP contribution >= 0.6 is 0 Å². The Hall–Kier alpha value is -3.08. The Balaban J connectivity index is 1.57. The van der Waals surface area contributed by atoms with Crippen molar-refractivity contribution in [2.75, 3.05) is 20.3 Å². The third-order valence-corrected chi connectivity index (χ3v) is 6.09. The van der Waals surface area contributed by atoms with Crippen LogP contribution in [0.4, 0.5) is 5.69 Å². The zero-order chi connectivity index (χ0) is 20.7. The first-order chi connectivity index (χ1) is 14.6. The number of hydrogen-bond acceptors (Lipinski definition) is 6. The number of nitrogens with two attached hydrogens (primary N) is 1. The van der Waals surface area contributed by atoms with Crippen LogP contribution < -0.4 is 10.5 Å². The highest BCUT2D eigenvalue weighted by Gasteiger charge is 2.50. The van der Waals surface area contributed by atoms with Gasteiger partial charge in [0.2, 0.25) is 11.7 Å². The van der Waals surface area contributed by atoms with E-state index in [-0.39, 0.29) is 6.10 Å². The van der Waals surface area contributed by atoms with Gasteiger partial charge >= 0.3 is 0 Å². The maximum Gasteiger partial charge on any atom is 0.221 e. The fourth-order valence-corrected chi connectivity index (χ4v) is 4.52. The molecule has 3 unspecified atom stereocenters. The molecule has 0 saturated carbocycles. The van der Waals surface area contributed by atoms with E-state index in [9.17, 15) is 0 Å². The molecule has 2 aromatic rings. The summed E-state index contributed by atoms with van der Waals surface area (Å²) in [7, 11) is 1.77. The van der Waals surface area contributed by atoms with Gasteiger partial charge in [-0.2, -0.15) is 0 Å². The maximum absolute atomic E-state index is 7.29. The van der Waals surface area contributed by atoms with E-state index in [0.29, 0.717) is 30.6 Å². The zero-order valence-electron chi connectivity index (χ0n) is 16.9. The lowest BCUT2D eigenvalue weighted by Gasteiger charge is -2.41. The molecule has 3 heterocycles. The van der Waals surface area contributed by atoms with Gasteiger partial charge in [0.15, 0.2) is 5.69 Å². The van der Waals surface area contributed by atoms with Crippen LogP contribution in [0.25, 0.3) is 16.0 Å². The Kier molecular flexibility index (Phi) is 4.61. The number of hydroxylamine groups is 2. The van der Waals surface area contributed by atoms with E-state index in [1.165, 1.54) is 5.06 Å². The highest BCUT2D eigenvalue weighted by molar-refractivity contribution is 5.79. The lowest BCUT2D eigenvalue weighted by Crippen LogP contribution is -2.44. The van der Waals surface area contributed by atoms with Crippen LogP contribution in [0.15, 0.2) is 47.5 Å². The lowest BCUT2D eigenvalue weighted by molar-refractivity contribution is -0.196. The monoisotopic (exact) mass is 404 g/mol. The third-order valence-electron chi connectivity index (χ3n) is 6.09. The Bertz CT molecular complexity index is 1040. The van der Waals surface area contributed by atoms with Gasteiger partial charge in [-0.1, -0.05) is 24.3 Å². The second-order valence-corrected chi connectivity index (χ2v) is 8.05. The van der Waals surface area contributed by atoms with Gasteiger partial charge in [0, 0.05) is 26.0 Å². The van der Waals surface area contributed by atoms with E-state index in [1.54, 1.807) is 13.1 Å². The molecule has 3 aliphatic rings. The van der Waals surface area contributed by atoms with Gasteiger partial charge in [0.1, 0.15) is 11.9 Å². The van der Waals surface area contributed by atoms with Crippen molar-refractivity contribution in [3.05, 3.63) is 59.4 Å². The first-order valence-electron chi connectivity index (χ1n) is 10.2. The molecule has 1 spiro atoms. The zero-order valence-corrected chi connectivity index (χ0v) is 16.9. The van der Waals surface area contributed by atoms with Gasteiger partial charge < -0.3 is 15.2 Å². The average molecular weight is 404 g/mol. The van der Waals surface area contributed by atoms with Gasteiger partial charge in [-0.15, -0.1) is 0 Å². The van der Waals surface area contributed by atoms with Crippen molar-refractivity contribution in [3.63, 3.8) is 0 Å². The molecule has 1 saturated heterocycles. The van der Waals surface area contributed by atoms with Gasteiger partial charge in [-0.25, -0.2) is 19.7 Å². The van der Waals surface area contributed by atoms with Crippen molar-refractivity contribution in [1.82, 2.24) is 5.06 Å². The molecule has 3 atom stereocenters. The van der Waals surface area contributed by atoms with E-state index in [2.05, 4.69) is 4.85 Å². The Morgan fingerprint density at radius 1 is 1.23 bits per heavy atom. The summed E-state index contributed by atoms with van der Waals surface area (Å²) in [5.41, 5.74) is 8.59. The van der Waals surface area contributed by atoms with Crippen molar-refractivity contribution in [2.24, 2.45) is 16.6 Å². The number of hydrogen-bond donors (Lipinski definition) is 1. The van der Waals surface area contributed by atoms with Crippen molar-refractivity contribution >= 4 is 11.6 Å². The first-order valence-corrected chi connectivity index (χ1v) is 10.2. The number of guanidine groups is 1. The normalized spacial score (nSPS) is 27.9. The molecule has 0 radical (unpaired) electrons. The van der Waals surface area contributed by atoms with Crippen LogP contribution in [0.1, 0.15) is 24.8 Å². The smallest absolute Gasteiger partial charge is 0.221 e. The number of fused-ring (bicyclic) bond motifs is 2. The molecule has 30 heavy (non-hydrogen) atoms. The van der Waals surface area contributed by atoms with Crippen molar-refractivity contribution < 1.29 is 14.3 Å². The number of benzene rings is 2. The molecule has 7 nitrogen and oxygen atoms in total. The largest absolute Gasteiger partial charge is 0.489 e. The molecule has 7 heteroatoms. The minimum absolute atomic E-state index is 0.0582. The summed E-state index contributed by atoms with van der Waals surface area (Å²) >= 11 is 0. The number of nitrogens with zero attached hydrogens (tertiary/aromatic N) is 3. The standard InChI is InChI=1S/C23H24N4O3/c1-25-18-7-3-5-15(11-18)16-8-9-20-19(12-16)23(26-22(24)27(2)30-23)13-21(29-20)17-6-4-10-28-14-17/h3,5,7-9,11-12,17,21H,4,6,10,13-14H2,2H3,(H2,24,26). The summed E-state index contributed by atoms with van der Waals surface area (Å²) in [4.78, 5) is 14.5. The van der Waals surface area contributed by atoms with Gasteiger partial charge in [-0.3, -0.25) is 0 Å². The molecule has 2 N–H and O–H groups in total. The van der Waals surface area contributed by atoms with Crippen LogP contribution in [0.3, 0.4) is 0 Å². The van der Waals surface area contributed by atoms with Crippen LogP contribution in [-0.4, -0.2) is 37.4 Å². The second kappa shape index (κ2) is 7.31. The molecule has 5 rings (SSSR count). The van der Waals surface area contributed by atoms with Crippen molar-refractivity contribution in [2.45, 2.75) is 31.1 Å². The molecule has 3 aliphatic heterocycles. The molecule has 0 aliphatic carbocycles. The highest BCUT2D eigenvalue weighted by atomic mass is 16.7. The summed E-state index contributed by atoms with van der Waals surface area (Å²) in [5.74, 6) is 1.40. The number of aliphatic imine (C=N–C) groups is 1. The molecule has 154 valence electrons. The third kappa shape index (κ3) is 3.18. The van der Waals surface area contributed by atoms with E-state index in [1.807, 2.05) is 36.4 Å². The topological polar surface area (TPSA) is 73.7 Å². The lowest BCUT2D eigenvalue weighted by atomic mass is 9.84. The summed E-state index contributed by atoms with van der Waals surface area (Å²) < 4.78 is 12.1. The van der Waals surface area contributed by atoms with Gasteiger partial charge in [0.05, 0.1) is 18.7 Å². The summed E-state index contributed by atoms with van der Waals surface area (Å²) in [6.45, 7) is 8.78. The Morgan fingerprint density at radius 2 is 2.10 bits per heavy atom. The quantitative estimate of drug-likeness (QED) is 0.770. The highest BCUT2D eigenvalue weighted by Crippen LogP contribution is 2.49. The molecular weight excluding hydrogens is 380 g/mol. The predicted octanol–water partition coefficient (Wildman–Crippen LogP) is 3.83. The van der Waals surface area contributed by atoms with Gasteiger partial charge in [-0.05, 0) is 42.2 Å². The fourth-order valence-electron chi connectivity index (χ4n) is 4.52. The molecule has 1 fully saturated rings. The summed E-state index contributed by atoms with van der Waals surface area (Å²) in [6.07, 6.45) is 2.61. The van der Waals surface area contributed by atoms with E-state index in [4.69, 9.17) is 31.6 Å². The first kappa shape index (κ1) is 18.9. The fraction of sp³-hybridized carbons (Fsp3) is 0.391. The van der Waals surface area contributed by atoms with Crippen LogP contribution in [0, 0.1) is 12.5 Å². The molecular formula is C23H24N4O3. The number of ether oxygens (including phenoxy) is 2. The second-order valence-electron chi connectivity index (χ2n) is 8.05. The predicted molar refractivity (Wildman–Crippen MR) is 113 cm³/mol. The summed E-state index contributed by atoms with van der Waals surface area (Å²) in [5, 5.41) is 1.52. The molecule has 0 amide bonds. The summed E-state index contributed by atoms with van der Waals surface area (Å²) in [6, 6.07) is 13.6. The molecule has 0 aromatic heterocycles. The van der Waals surface area contributed by atoms with Crippen molar-refractivity contribution in [1.29, 1.82) is 0 Å². The average Bonchev–Trinajstić information content (AvgIpc) is 3.07. The minimum atomic E-state index is -0.915. The Labute approximate surface area is 175 Å². The van der Waals surface area contributed by atoms with Crippen LogP contribution in [-0.2, 0) is 15.3 Å². The minimum Gasteiger partial charge on any atom is -0.489 e. The van der Waals surface area contributed by atoms with E-state index in [0.717, 1.165) is 41.9 Å². The SMILES string of the molecule is [C-]#[N+]c1cccc(-c2ccc3c(c2)C2(CC(C4CCCOC4)O3)N=C(N)N(C)O2)c1. The van der Waals surface area contributed by atoms with Crippen molar-refractivity contribution in [3.8, 4) is 16.9 Å². The Morgan fingerprint density at radius 3 is 2.83 bits per heavy atom. The van der Waals surface area contributed by atoms with E-state index >= 15 is 0 Å². The van der Waals surface area contributed by atoms with Crippen LogP contribution in [0.2, 0.25) is 0 Å². The van der Waals surface area contributed by atoms with Gasteiger partial charge in [0.25, 0.3) is 0 Å². The molecule has 2 aromatic carbocycles. The molecule has 0 bridgehead atoms.